The van der Waals surface area contributed by atoms with Gasteiger partial charge >= 0.3 is 0 Å². The molecule has 2 rings (SSSR count). The second kappa shape index (κ2) is 6.22. The molecule has 2 N–H and O–H groups in total. The molecule has 110 valence electrons. The second-order valence-corrected chi connectivity index (χ2v) is 5.73. The summed E-state index contributed by atoms with van der Waals surface area (Å²) in [5, 5.41) is 6.42. The third-order valence-electron chi connectivity index (χ3n) is 2.74. The minimum Gasteiger partial charge on any atom is -0.360 e. The fourth-order valence-corrected chi connectivity index (χ4v) is 2.20. The van der Waals surface area contributed by atoms with Gasteiger partial charge in [0.1, 0.15) is 11.9 Å². The van der Waals surface area contributed by atoms with Gasteiger partial charge in [-0.05, 0) is 44.3 Å². The van der Waals surface area contributed by atoms with Gasteiger partial charge in [-0.2, -0.15) is 0 Å². The zero-order chi connectivity index (χ0) is 14.8. The van der Waals surface area contributed by atoms with E-state index in [0.29, 0.717) is 24.0 Å². The first kappa shape index (κ1) is 15.4. The van der Waals surface area contributed by atoms with Crippen LogP contribution in [-0.4, -0.2) is 30.2 Å². The van der Waals surface area contributed by atoms with E-state index in [0.717, 1.165) is 0 Å². The van der Waals surface area contributed by atoms with E-state index < -0.39 is 11.6 Å². The molecule has 0 aliphatic carbocycles. The van der Waals surface area contributed by atoms with Crippen LogP contribution in [0.5, 0.6) is 0 Å². The summed E-state index contributed by atoms with van der Waals surface area (Å²) >= 11 is 10.8. The monoisotopic (exact) mass is 318 g/mol. The average molecular weight is 319 g/mol. The Bertz CT molecular complexity index is 513. The molecule has 0 aromatic heterocycles. The zero-order valence-electron chi connectivity index (χ0n) is 11.2. The molecule has 1 unspecified atom stereocenters. The molecule has 1 saturated heterocycles. The molecule has 0 amide bonds. The number of ether oxygens (including phenoxy) is 2. The number of rotatable bonds is 3. The van der Waals surface area contributed by atoms with Gasteiger partial charge < -0.3 is 20.1 Å². The maximum atomic E-state index is 13.0. The number of anilines is 1. The van der Waals surface area contributed by atoms with Gasteiger partial charge in [-0.1, -0.05) is 11.6 Å². The van der Waals surface area contributed by atoms with E-state index in [1.54, 1.807) is 6.07 Å². The van der Waals surface area contributed by atoms with Crippen molar-refractivity contribution in [2.75, 3.05) is 18.5 Å². The Labute approximate surface area is 127 Å². The summed E-state index contributed by atoms with van der Waals surface area (Å²) in [6, 6.07) is 4.32. The number of hydrogen-bond donors (Lipinski definition) is 2. The van der Waals surface area contributed by atoms with Crippen LogP contribution < -0.4 is 10.6 Å². The minimum absolute atomic E-state index is 0.0482. The van der Waals surface area contributed by atoms with Gasteiger partial charge in [0.05, 0.1) is 11.6 Å². The largest absolute Gasteiger partial charge is 0.360 e. The zero-order valence-corrected chi connectivity index (χ0v) is 12.8. The first-order chi connectivity index (χ1) is 9.35. The molecule has 0 bridgehead atoms. The molecule has 0 spiro atoms. The third-order valence-corrected chi connectivity index (χ3v) is 3.27. The lowest BCUT2D eigenvalue weighted by atomic mass is 10.3. The molecule has 1 atom stereocenters. The lowest BCUT2D eigenvalue weighted by Crippen LogP contribution is -2.36. The van der Waals surface area contributed by atoms with Gasteiger partial charge in [0.2, 0.25) is 0 Å². The summed E-state index contributed by atoms with van der Waals surface area (Å²) in [6.45, 7) is 4.78. The quantitative estimate of drug-likeness (QED) is 0.839. The summed E-state index contributed by atoms with van der Waals surface area (Å²) in [5.41, 5.74) is 0.623. The molecular weight excluding hydrogens is 303 g/mol. The molecule has 1 heterocycles. The van der Waals surface area contributed by atoms with Crippen LogP contribution in [-0.2, 0) is 9.47 Å². The van der Waals surface area contributed by atoms with Crippen molar-refractivity contribution in [1.82, 2.24) is 5.32 Å². The molecule has 20 heavy (non-hydrogen) atoms. The summed E-state index contributed by atoms with van der Waals surface area (Å²) in [4.78, 5) is 0. The van der Waals surface area contributed by atoms with Crippen molar-refractivity contribution in [3.63, 3.8) is 0 Å². The highest BCUT2D eigenvalue weighted by Crippen LogP contribution is 2.22. The van der Waals surface area contributed by atoms with Crippen molar-refractivity contribution in [2.45, 2.75) is 25.7 Å². The SMILES string of the molecule is CC1(C)OCC(CNC(=S)Nc2ccc(F)c(Cl)c2)O1. The Morgan fingerprint density at radius 2 is 2.30 bits per heavy atom. The van der Waals surface area contributed by atoms with Crippen LogP contribution in [0.1, 0.15) is 13.8 Å². The standard InChI is InChI=1S/C13H16ClFN2O2S/c1-13(2)18-7-9(19-13)6-16-12(20)17-8-3-4-11(15)10(14)5-8/h3-5,9H,6-7H2,1-2H3,(H2,16,17,20). The van der Waals surface area contributed by atoms with Crippen LogP contribution in [0, 0.1) is 5.82 Å². The van der Waals surface area contributed by atoms with Crippen molar-refractivity contribution in [3.8, 4) is 0 Å². The van der Waals surface area contributed by atoms with Gasteiger partial charge in [-0.3, -0.25) is 0 Å². The Balaban J connectivity index is 1.79. The fraction of sp³-hybridized carbons (Fsp3) is 0.462. The van der Waals surface area contributed by atoms with Gasteiger partial charge in [-0.15, -0.1) is 0 Å². The molecule has 0 saturated carbocycles. The second-order valence-electron chi connectivity index (χ2n) is 4.91. The first-order valence-corrected chi connectivity index (χ1v) is 6.96. The van der Waals surface area contributed by atoms with E-state index in [1.165, 1.54) is 12.1 Å². The highest BCUT2D eigenvalue weighted by atomic mass is 35.5. The average Bonchev–Trinajstić information content (AvgIpc) is 2.71. The fourth-order valence-electron chi connectivity index (χ4n) is 1.82. The third kappa shape index (κ3) is 4.28. The summed E-state index contributed by atoms with van der Waals surface area (Å²) in [6.07, 6.45) is -0.0541. The summed E-state index contributed by atoms with van der Waals surface area (Å²) in [7, 11) is 0. The van der Waals surface area contributed by atoms with E-state index in [1.807, 2.05) is 13.8 Å². The van der Waals surface area contributed by atoms with Crippen LogP contribution >= 0.6 is 23.8 Å². The summed E-state index contributed by atoms with van der Waals surface area (Å²) < 4.78 is 24.1. The highest BCUT2D eigenvalue weighted by molar-refractivity contribution is 7.80. The Morgan fingerprint density at radius 3 is 2.90 bits per heavy atom. The summed E-state index contributed by atoms with van der Waals surface area (Å²) in [5.74, 6) is -1.01. The lowest BCUT2D eigenvalue weighted by molar-refractivity contribution is -0.137. The smallest absolute Gasteiger partial charge is 0.170 e. The van der Waals surface area contributed by atoms with E-state index in [-0.39, 0.29) is 11.1 Å². The first-order valence-electron chi connectivity index (χ1n) is 6.17. The molecular formula is C13H16ClFN2O2S. The minimum atomic E-state index is -0.550. The number of hydrogen-bond acceptors (Lipinski definition) is 3. The normalized spacial score (nSPS) is 20.7. The molecule has 1 fully saturated rings. The van der Waals surface area contributed by atoms with Crippen molar-refractivity contribution in [2.24, 2.45) is 0 Å². The predicted molar refractivity (Wildman–Crippen MR) is 80.5 cm³/mol. The number of nitrogens with one attached hydrogen (secondary N) is 2. The van der Waals surface area contributed by atoms with E-state index in [4.69, 9.17) is 33.3 Å². The Kier molecular flexibility index (Phi) is 4.80. The van der Waals surface area contributed by atoms with Crippen molar-refractivity contribution in [3.05, 3.63) is 29.0 Å². The number of thiocarbonyl (C=S) groups is 1. The number of halogens is 2. The molecule has 0 radical (unpaired) electrons. The van der Waals surface area contributed by atoms with Crippen molar-refractivity contribution < 1.29 is 13.9 Å². The van der Waals surface area contributed by atoms with Gasteiger partial charge in [0, 0.05) is 12.2 Å². The van der Waals surface area contributed by atoms with Crippen LogP contribution in [0.4, 0.5) is 10.1 Å². The molecule has 1 aromatic rings. The Morgan fingerprint density at radius 1 is 1.55 bits per heavy atom. The molecule has 1 aromatic carbocycles. The van der Waals surface area contributed by atoms with Crippen LogP contribution in [0.15, 0.2) is 18.2 Å². The topological polar surface area (TPSA) is 42.5 Å². The predicted octanol–water partition coefficient (Wildman–Crippen LogP) is 2.92. The molecule has 7 heteroatoms. The van der Waals surface area contributed by atoms with E-state index in [2.05, 4.69) is 10.6 Å². The van der Waals surface area contributed by atoms with Gasteiger partial charge in [0.15, 0.2) is 10.9 Å². The lowest BCUT2D eigenvalue weighted by Gasteiger charge is -2.18. The molecule has 4 nitrogen and oxygen atoms in total. The molecule has 1 aliphatic heterocycles. The van der Waals surface area contributed by atoms with Crippen LogP contribution in [0.25, 0.3) is 0 Å². The molecule has 1 aliphatic rings. The highest BCUT2D eigenvalue weighted by Gasteiger charge is 2.32. The van der Waals surface area contributed by atoms with Crippen LogP contribution in [0.2, 0.25) is 5.02 Å². The maximum Gasteiger partial charge on any atom is 0.170 e. The van der Waals surface area contributed by atoms with Crippen LogP contribution in [0.3, 0.4) is 0 Å². The van der Waals surface area contributed by atoms with Crippen molar-refractivity contribution in [1.29, 1.82) is 0 Å². The maximum absolute atomic E-state index is 13.0. The van der Waals surface area contributed by atoms with E-state index in [9.17, 15) is 4.39 Å². The van der Waals surface area contributed by atoms with E-state index >= 15 is 0 Å². The van der Waals surface area contributed by atoms with Crippen molar-refractivity contribution >= 4 is 34.6 Å². The van der Waals surface area contributed by atoms with Gasteiger partial charge in [0.25, 0.3) is 0 Å². The number of benzene rings is 1. The van der Waals surface area contributed by atoms with Gasteiger partial charge in [-0.25, -0.2) is 4.39 Å². The Hall–Kier alpha value is -0.950.